The van der Waals surface area contributed by atoms with E-state index in [1.165, 1.54) is 66.0 Å². The van der Waals surface area contributed by atoms with Crippen LogP contribution < -0.4 is 4.90 Å². The predicted octanol–water partition coefficient (Wildman–Crippen LogP) is 16.1. The van der Waals surface area contributed by atoms with Crippen molar-refractivity contribution in [2.24, 2.45) is 0 Å². The summed E-state index contributed by atoms with van der Waals surface area (Å²) in [6.07, 6.45) is 0. The highest BCUT2D eigenvalue weighted by Crippen LogP contribution is 2.46. The molecule has 0 N–H and O–H groups in total. The number of anilines is 3. The lowest BCUT2D eigenvalue weighted by Crippen LogP contribution is -2.11. The summed E-state index contributed by atoms with van der Waals surface area (Å²) in [5.41, 5.74) is 16.4. The molecule has 0 radical (unpaired) electrons. The number of para-hydroxylation sites is 3. The van der Waals surface area contributed by atoms with Gasteiger partial charge in [-0.15, -0.1) is 0 Å². The molecule has 2 heteroatoms. The minimum absolute atomic E-state index is 1.09. The number of aromatic nitrogens is 1. The molecule has 60 heavy (non-hydrogen) atoms. The first kappa shape index (κ1) is 35.2. The Hall–Kier alpha value is -7.94. The van der Waals surface area contributed by atoms with Gasteiger partial charge in [-0.25, -0.2) is 0 Å². The fourth-order valence-corrected chi connectivity index (χ4v) is 9.01. The van der Waals surface area contributed by atoms with Crippen LogP contribution in [0.4, 0.5) is 17.1 Å². The molecule has 11 rings (SSSR count). The van der Waals surface area contributed by atoms with Gasteiger partial charge in [0.25, 0.3) is 0 Å². The van der Waals surface area contributed by atoms with E-state index in [1.54, 1.807) is 0 Å². The zero-order valence-electron chi connectivity index (χ0n) is 33.0. The summed E-state index contributed by atoms with van der Waals surface area (Å²) >= 11 is 0. The summed E-state index contributed by atoms with van der Waals surface area (Å²) in [6, 6.07) is 87.9. The van der Waals surface area contributed by atoms with Crippen molar-refractivity contribution in [1.29, 1.82) is 0 Å². The van der Waals surface area contributed by atoms with E-state index in [2.05, 4.69) is 252 Å². The zero-order valence-corrected chi connectivity index (χ0v) is 33.0. The van der Waals surface area contributed by atoms with E-state index in [-0.39, 0.29) is 0 Å². The molecule has 0 atom stereocenters. The van der Waals surface area contributed by atoms with Gasteiger partial charge < -0.3 is 9.47 Å². The van der Waals surface area contributed by atoms with E-state index in [0.717, 1.165) is 33.9 Å². The average Bonchev–Trinajstić information content (AvgIpc) is 3.67. The Morgan fingerprint density at radius 3 is 1.52 bits per heavy atom. The van der Waals surface area contributed by atoms with Crippen molar-refractivity contribution >= 4 is 49.6 Å². The summed E-state index contributed by atoms with van der Waals surface area (Å²) in [7, 11) is 0. The molecule has 0 saturated carbocycles. The smallest absolute Gasteiger partial charge is 0.0541 e. The van der Waals surface area contributed by atoms with Crippen molar-refractivity contribution in [3.05, 3.63) is 243 Å². The minimum atomic E-state index is 1.09. The lowest BCUT2D eigenvalue weighted by molar-refractivity contribution is 1.18. The van der Waals surface area contributed by atoms with E-state index < -0.39 is 0 Å². The molecule has 1 aromatic heterocycles. The topological polar surface area (TPSA) is 8.17 Å². The standard InChI is InChI=1S/C58H40N2/c1-2-18-43(19-3-1)49-23-6-7-24-50(49)51-25-8-9-26-52(51)53-27-10-13-30-56(53)59(48-38-35-41-17-4-5-20-44(41)40-48)46-36-33-42(34-37-46)45-21-16-22-47(39-45)60-57-31-14-11-28-54(57)55-29-12-15-32-58(55)60/h1-40H. The Bertz CT molecular complexity index is 3270. The van der Waals surface area contributed by atoms with Crippen LogP contribution in [-0.4, -0.2) is 4.57 Å². The lowest BCUT2D eigenvalue weighted by Gasteiger charge is -2.29. The highest BCUT2D eigenvalue weighted by Gasteiger charge is 2.21. The van der Waals surface area contributed by atoms with Crippen LogP contribution in [0, 0.1) is 0 Å². The molecule has 0 bridgehead atoms. The fraction of sp³-hybridized carbons (Fsp3) is 0. The van der Waals surface area contributed by atoms with Gasteiger partial charge in [0.2, 0.25) is 0 Å². The highest BCUT2D eigenvalue weighted by molar-refractivity contribution is 6.09. The van der Waals surface area contributed by atoms with Crippen LogP contribution in [-0.2, 0) is 0 Å². The average molecular weight is 765 g/mol. The third-order valence-electron chi connectivity index (χ3n) is 11.8. The monoisotopic (exact) mass is 764 g/mol. The van der Waals surface area contributed by atoms with Gasteiger partial charge in [0.05, 0.1) is 16.7 Å². The van der Waals surface area contributed by atoms with Gasteiger partial charge in [-0.05, 0) is 104 Å². The van der Waals surface area contributed by atoms with Gasteiger partial charge in [-0.3, -0.25) is 0 Å². The molecule has 0 amide bonds. The highest BCUT2D eigenvalue weighted by atomic mass is 15.1. The summed E-state index contributed by atoms with van der Waals surface area (Å²) in [5, 5.41) is 4.95. The van der Waals surface area contributed by atoms with Crippen LogP contribution >= 0.6 is 0 Å². The van der Waals surface area contributed by atoms with E-state index in [1.807, 2.05) is 0 Å². The van der Waals surface area contributed by atoms with Crippen molar-refractivity contribution in [1.82, 2.24) is 4.57 Å². The van der Waals surface area contributed by atoms with Crippen LogP contribution in [0.15, 0.2) is 243 Å². The van der Waals surface area contributed by atoms with Crippen molar-refractivity contribution < 1.29 is 0 Å². The molecule has 1 heterocycles. The van der Waals surface area contributed by atoms with E-state index in [4.69, 9.17) is 0 Å². The normalized spacial score (nSPS) is 11.3. The van der Waals surface area contributed by atoms with Crippen LogP contribution in [0.1, 0.15) is 0 Å². The molecule has 0 saturated heterocycles. The molecule has 0 aliphatic carbocycles. The van der Waals surface area contributed by atoms with E-state index in [0.29, 0.717) is 0 Å². The van der Waals surface area contributed by atoms with Crippen molar-refractivity contribution in [2.45, 2.75) is 0 Å². The van der Waals surface area contributed by atoms with Crippen LogP contribution in [0.25, 0.3) is 82.8 Å². The van der Waals surface area contributed by atoms with Gasteiger partial charge in [-0.1, -0.05) is 188 Å². The molecule has 282 valence electrons. The number of nitrogens with zero attached hydrogens (tertiary/aromatic N) is 2. The molecule has 0 spiro atoms. The van der Waals surface area contributed by atoms with Crippen LogP contribution in [0.5, 0.6) is 0 Å². The first-order chi connectivity index (χ1) is 29.8. The first-order valence-corrected chi connectivity index (χ1v) is 20.6. The van der Waals surface area contributed by atoms with Crippen LogP contribution in [0.3, 0.4) is 0 Å². The lowest BCUT2D eigenvalue weighted by atomic mass is 9.88. The Morgan fingerprint density at radius 2 is 0.800 bits per heavy atom. The second-order valence-electron chi connectivity index (χ2n) is 15.3. The Balaban J connectivity index is 1.04. The Kier molecular flexibility index (Phi) is 8.87. The molecule has 0 aliphatic heterocycles. The predicted molar refractivity (Wildman–Crippen MR) is 255 cm³/mol. The maximum absolute atomic E-state index is 2.42. The second kappa shape index (κ2) is 15.1. The van der Waals surface area contributed by atoms with Gasteiger partial charge >= 0.3 is 0 Å². The summed E-state index contributed by atoms with van der Waals surface area (Å²) < 4.78 is 2.39. The van der Waals surface area contributed by atoms with Gasteiger partial charge in [0, 0.05) is 33.4 Å². The Labute approximate surface area is 350 Å². The Morgan fingerprint density at radius 1 is 0.283 bits per heavy atom. The third kappa shape index (κ3) is 6.23. The third-order valence-corrected chi connectivity index (χ3v) is 11.8. The second-order valence-corrected chi connectivity index (χ2v) is 15.3. The van der Waals surface area contributed by atoms with E-state index >= 15 is 0 Å². The van der Waals surface area contributed by atoms with Crippen LogP contribution in [0.2, 0.25) is 0 Å². The maximum atomic E-state index is 2.42. The molecule has 11 aromatic rings. The van der Waals surface area contributed by atoms with E-state index in [9.17, 15) is 0 Å². The molecule has 0 aliphatic rings. The molecule has 10 aromatic carbocycles. The van der Waals surface area contributed by atoms with Crippen molar-refractivity contribution in [2.75, 3.05) is 4.90 Å². The number of fused-ring (bicyclic) bond motifs is 4. The zero-order chi connectivity index (χ0) is 39.8. The minimum Gasteiger partial charge on any atom is -0.310 e. The first-order valence-electron chi connectivity index (χ1n) is 20.6. The number of hydrogen-bond acceptors (Lipinski definition) is 1. The largest absolute Gasteiger partial charge is 0.310 e. The van der Waals surface area contributed by atoms with Gasteiger partial charge in [0.1, 0.15) is 0 Å². The van der Waals surface area contributed by atoms with Crippen molar-refractivity contribution in [3.63, 3.8) is 0 Å². The maximum Gasteiger partial charge on any atom is 0.0541 e. The summed E-state index contributed by atoms with van der Waals surface area (Å²) in [4.78, 5) is 2.42. The number of benzene rings is 10. The SMILES string of the molecule is c1ccc(-c2ccccc2-c2ccccc2-c2ccccc2N(c2ccc(-c3cccc(-n4c5ccccc5c5ccccc54)c3)cc2)c2ccc3ccccc3c2)cc1. The van der Waals surface area contributed by atoms with Gasteiger partial charge in [-0.2, -0.15) is 0 Å². The van der Waals surface area contributed by atoms with Gasteiger partial charge in [0.15, 0.2) is 0 Å². The quantitative estimate of drug-likeness (QED) is 0.150. The summed E-state index contributed by atoms with van der Waals surface area (Å²) in [5.74, 6) is 0. The molecule has 0 unspecified atom stereocenters. The molecular formula is C58H40N2. The molecule has 0 fully saturated rings. The molecule has 2 nitrogen and oxygen atoms in total. The number of rotatable bonds is 8. The fourth-order valence-electron chi connectivity index (χ4n) is 9.01. The molecular weight excluding hydrogens is 725 g/mol. The summed E-state index contributed by atoms with van der Waals surface area (Å²) in [6.45, 7) is 0. The van der Waals surface area contributed by atoms with Crippen molar-refractivity contribution in [3.8, 4) is 50.2 Å². The number of hydrogen-bond donors (Lipinski definition) is 0.